The number of hydrogen-bond acceptors (Lipinski definition) is 5. The van der Waals surface area contributed by atoms with Gasteiger partial charge >= 0.3 is 0 Å². The summed E-state index contributed by atoms with van der Waals surface area (Å²) < 4.78 is 2.58. The second kappa shape index (κ2) is 6.59. The van der Waals surface area contributed by atoms with Gasteiger partial charge in [0, 0.05) is 46.6 Å². The Labute approximate surface area is 162 Å². The topological polar surface area (TPSA) is 75.9 Å². The van der Waals surface area contributed by atoms with Gasteiger partial charge in [-0.2, -0.15) is 5.10 Å². The molecule has 0 bridgehead atoms. The van der Waals surface area contributed by atoms with Crippen LogP contribution in [0.4, 0.5) is 11.6 Å². The zero-order valence-electron chi connectivity index (χ0n) is 13.6. The third-order valence-electron chi connectivity index (χ3n) is 3.81. The maximum atomic E-state index is 10.1. The van der Waals surface area contributed by atoms with Crippen LogP contribution in [0, 0.1) is 0 Å². The first kappa shape index (κ1) is 16.8. The monoisotopic (exact) mass is 429 g/mol. The molecule has 0 radical (unpaired) electrons. The molecule has 0 spiro atoms. The first-order chi connectivity index (χ1) is 12.5. The lowest BCUT2D eigenvalue weighted by Crippen LogP contribution is -1.97. The van der Waals surface area contributed by atoms with Gasteiger partial charge in [-0.3, -0.25) is 4.68 Å². The summed E-state index contributed by atoms with van der Waals surface area (Å²) in [5, 5.41) is 18.7. The van der Waals surface area contributed by atoms with Gasteiger partial charge in [0.05, 0.1) is 16.7 Å². The third-order valence-corrected chi connectivity index (χ3v) is 4.56. The van der Waals surface area contributed by atoms with Gasteiger partial charge < -0.3 is 10.4 Å². The smallest absolute Gasteiger partial charge is 0.227 e. The Balaban J connectivity index is 1.71. The van der Waals surface area contributed by atoms with Crippen molar-refractivity contribution in [2.45, 2.75) is 0 Å². The van der Waals surface area contributed by atoms with Crippen LogP contribution in [0.3, 0.4) is 0 Å². The number of aromatic hydroxyl groups is 1. The summed E-state index contributed by atoms with van der Waals surface area (Å²) in [4.78, 5) is 8.80. The maximum Gasteiger partial charge on any atom is 0.227 e. The highest BCUT2D eigenvalue weighted by Gasteiger charge is 2.09. The zero-order chi connectivity index (χ0) is 18.3. The van der Waals surface area contributed by atoms with Crippen LogP contribution in [0.2, 0.25) is 5.02 Å². The van der Waals surface area contributed by atoms with Gasteiger partial charge in [0.1, 0.15) is 5.75 Å². The molecule has 4 aromatic rings. The molecule has 0 amide bonds. The Morgan fingerprint density at radius 1 is 1.12 bits per heavy atom. The molecule has 0 atom stereocenters. The van der Waals surface area contributed by atoms with Crippen molar-refractivity contribution in [1.82, 2.24) is 19.7 Å². The van der Waals surface area contributed by atoms with E-state index in [1.54, 1.807) is 35.3 Å². The van der Waals surface area contributed by atoms with E-state index in [0.29, 0.717) is 22.2 Å². The van der Waals surface area contributed by atoms with E-state index in [0.717, 1.165) is 21.0 Å². The average molecular weight is 431 g/mol. The van der Waals surface area contributed by atoms with Gasteiger partial charge in [-0.15, -0.1) is 0 Å². The summed E-state index contributed by atoms with van der Waals surface area (Å²) in [5.41, 5.74) is 3.05. The molecule has 2 aromatic heterocycles. The highest BCUT2D eigenvalue weighted by molar-refractivity contribution is 9.10. The summed E-state index contributed by atoms with van der Waals surface area (Å²) in [6.45, 7) is 0. The Kier molecular flexibility index (Phi) is 4.26. The van der Waals surface area contributed by atoms with E-state index >= 15 is 0 Å². The molecule has 6 nitrogen and oxygen atoms in total. The highest BCUT2D eigenvalue weighted by Crippen LogP contribution is 2.30. The number of benzene rings is 2. The molecule has 26 heavy (non-hydrogen) atoms. The van der Waals surface area contributed by atoms with Gasteiger partial charge in [0.15, 0.2) is 0 Å². The minimum absolute atomic E-state index is 0.136. The number of rotatable bonds is 3. The molecule has 2 heterocycles. The van der Waals surface area contributed by atoms with E-state index in [1.807, 2.05) is 25.4 Å². The maximum absolute atomic E-state index is 10.1. The van der Waals surface area contributed by atoms with Gasteiger partial charge in [0.2, 0.25) is 5.95 Å². The van der Waals surface area contributed by atoms with E-state index in [1.165, 1.54) is 0 Å². The lowest BCUT2D eigenvalue weighted by atomic mass is 10.1. The molecule has 4 rings (SSSR count). The Morgan fingerprint density at radius 2 is 1.96 bits per heavy atom. The van der Waals surface area contributed by atoms with Crippen molar-refractivity contribution >= 4 is 50.1 Å². The van der Waals surface area contributed by atoms with Gasteiger partial charge in [-0.25, -0.2) is 9.97 Å². The summed E-state index contributed by atoms with van der Waals surface area (Å²) in [6.07, 6.45) is 5.32. The van der Waals surface area contributed by atoms with Crippen molar-refractivity contribution in [3.05, 3.63) is 58.4 Å². The van der Waals surface area contributed by atoms with Crippen LogP contribution in [0.1, 0.15) is 0 Å². The number of phenolic OH excluding ortho intramolecular Hbond substituents is 1. The van der Waals surface area contributed by atoms with Crippen LogP contribution in [-0.4, -0.2) is 24.9 Å². The van der Waals surface area contributed by atoms with E-state index in [4.69, 9.17) is 11.6 Å². The first-order valence-electron chi connectivity index (χ1n) is 7.70. The van der Waals surface area contributed by atoms with Crippen molar-refractivity contribution in [3.63, 3.8) is 0 Å². The van der Waals surface area contributed by atoms with E-state index in [2.05, 4.69) is 36.3 Å². The molecular formula is C18H13BrClN5O. The summed E-state index contributed by atoms with van der Waals surface area (Å²) >= 11 is 9.68. The van der Waals surface area contributed by atoms with Crippen molar-refractivity contribution < 1.29 is 5.11 Å². The molecule has 0 aliphatic rings. The second-order valence-electron chi connectivity index (χ2n) is 5.82. The first-order valence-corrected chi connectivity index (χ1v) is 8.87. The average Bonchev–Trinajstić information content (AvgIpc) is 3.01. The summed E-state index contributed by atoms with van der Waals surface area (Å²) in [5.74, 6) is 0.529. The zero-order valence-corrected chi connectivity index (χ0v) is 16.0. The van der Waals surface area contributed by atoms with Crippen LogP contribution in [0.15, 0.2) is 53.4 Å². The summed E-state index contributed by atoms with van der Waals surface area (Å²) in [7, 11) is 1.84. The van der Waals surface area contributed by atoms with Gasteiger partial charge in [-0.1, -0.05) is 27.5 Å². The van der Waals surface area contributed by atoms with Crippen LogP contribution < -0.4 is 5.32 Å². The number of aryl methyl sites for hydroxylation is 1. The quantitative estimate of drug-likeness (QED) is 0.484. The molecule has 0 saturated heterocycles. The lowest BCUT2D eigenvalue weighted by Gasteiger charge is -2.09. The molecule has 0 fully saturated rings. The second-order valence-corrected chi connectivity index (χ2v) is 7.14. The van der Waals surface area contributed by atoms with Crippen molar-refractivity contribution in [1.29, 1.82) is 0 Å². The molecule has 2 aromatic carbocycles. The molecule has 130 valence electrons. The van der Waals surface area contributed by atoms with E-state index in [9.17, 15) is 5.11 Å². The standard InChI is InChI=1S/C18H13BrClN5O/c1-25-9-12(8-22-25)10-3-14(6-15(26)4-10)23-18-21-7-11-2-13(19)5-16(20)17(11)24-18/h2-9,26H,1H3,(H,21,23,24). The number of anilines is 2. The SMILES string of the molecule is Cn1cc(-c2cc(O)cc(Nc3ncc4cc(Br)cc(Cl)c4n3)c2)cn1. The fourth-order valence-electron chi connectivity index (χ4n) is 2.68. The van der Waals surface area contributed by atoms with Crippen LogP contribution in [0.25, 0.3) is 22.0 Å². The van der Waals surface area contributed by atoms with E-state index < -0.39 is 0 Å². The van der Waals surface area contributed by atoms with Crippen LogP contribution in [0.5, 0.6) is 5.75 Å². The third kappa shape index (κ3) is 3.36. The van der Waals surface area contributed by atoms with Gasteiger partial charge in [-0.05, 0) is 29.8 Å². The predicted molar refractivity (Wildman–Crippen MR) is 106 cm³/mol. The minimum Gasteiger partial charge on any atom is -0.508 e. The Bertz CT molecular complexity index is 1130. The number of nitrogens with zero attached hydrogens (tertiary/aromatic N) is 4. The number of hydrogen-bond donors (Lipinski definition) is 2. The Hall–Kier alpha value is -2.64. The molecule has 0 saturated carbocycles. The minimum atomic E-state index is 0.136. The number of nitrogens with one attached hydrogen (secondary N) is 1. The Morgan fingerprint density at radius 3 is 2.73 bits per heavy atom. The fraction of sp³-hybridized carbons (Fsp3) is 0.0556. The number of fused-ring (bicyclic) bond motifs is 1. The number of halogens is 2. The molecular weight excluding hydrogens is 418 g/mol. The van der Waals surface area contributed by atoms with Crippen molar-refractivity contribution in [2.24, 2.45) is 7.05 Å². The lowest BCUT2D eigenvalue weighted by molar-refractivity contribution is 0.476. The molecule has 0 unspecified atom stereocenters. The summed E-state index contributed by atoms with van der Waals surface area (Å²) in [6, 6.07) is 8.87. The van der Waals surface area contributed by atoms with Gasteiger partial charge in [0.25, 0.3) is 0 Å². The number of phenols is 1. The van der Waals surface area contributed by atoms with E-state index in [-0.39, 0.29) is 5.75 Å². The highest BCUT2D eigenvalue weighted by atomic mass is 79.9. The normalized spacial score (nSPS) is 11.0. The van der Waals surface area contributed by atoms with Crippen molar-refractivity contribution in [2.75, 3.05) is 5.32 Å². The fourth-order valence-corrected chi connectivity index (χ4v) is 3.55. The largest absolute Gasteiger partial charge is 0.508 e. The molecule has 0 aliphatic carbocycles. The molecule has 8 heteroatoms. The van der Waals surface area contributed by atoms with Crippen LogP contribution >= 0.6 is 27.5 Å². The molecule has 2 N–H and O–H groups in total. The number of aromatic nitrogens is 4. The predicted octanol–water partition coefficient (Wildman–Crippen LogP) is 4.90. The van der Waals surface area contributed by atoms with Crippen LogP contribution in [-0.2, 0) is 7.05 Å². The van der Waals surface area contributed by atoms with Crippen molar-refractivity contribution in [3.8, 4) is 16.9 Å². The molecule has 0 aliphatic heterocycles.